The third-order valence-electron chi connectivity index (χ3n) is 6.04. The number of hydrogen-bond acceptors (Lipinski definition) is 4. The van der Waals surface area contributed by atoms with E-state index in [2.05, 4.69) is 71.3 Å². The van der Waals surface area contributed by atoms with Gasteiger partial charge in [0.2, 0.25) is 5.91 Å². The molecule has 2 aromatic carbocycles. The van der Waals surface area contributed by atoms with Crippen molar-refractivity contribution in [1.29, 1.82) is 0 Å². The topological polar surface area (TPSA) is 32.8 Å². The van der Waals surface area contributed by atoms with E-state index in [9.17, 15) is 4.79 Å². The van der Waals surface area contributed by atoms with Crippen molar-refractivity contribution >= 4 is 17.7 Å². The molecule has 0 saturated carbocycles. The number of piperidine rings is 1. The molecule has 0 bridgehead atoms. The van der Waals surface area contributed by atoms with Crippen LogP contribution in [0.15, 0.2) is 54.6 Å². The molecule has 0 aliphatic carbocycles. The Hall–Kier alpha value is -1.98. The summed E-state index contributed by atoms with van der Waals surface area (Å²) in [6.07, 6.45) is 4.31. The number of carbonyl (C=O) groups is 1. The molecule has 4 rings (SSSR count). The average Bonchev–Trinajstić information content (AvgIpc) is 3.17. The number of benzene rings is 2. The number of amides is 1. The first-order chi connectivity index (χ1) is 14.7. The summed E-state index contributed by atoms with van der Waals surface area (Å²) in [4.78, 5) is 17.4. The van der Waals surface area contributed by atoms with Gasteiger partial charge in [-0.2, -0.15) is 0 Å². The van der Waals surface area contributed by atoms with Gasteiger partial charge in [-0.3, -0.25) is 9.69 Å². The number of unbranched alkanes of at least 4 members (excludes halogenated alkanes) is 1. The fourth-order valence-corrected chi connectivity index (χ4v) is 5.60. The highest BCUT2D eigenvalue weighted by Crippen LogP contribution is 2.42. The second-order valence-corrected chi connectivity index (χ2v) is 9.30. The molecule has 2 aliphatic rings. The summed E-state index contributed by atoms with van der Waals surface area (Å²) in [5.41, 5.74) is 2.57. The van der Waals surface area contributed by atoms with Crippen LogP contribution in [0.2, 0.25) is 0 Å². The van der Waals surface area contributed by atoms with Gasteiger partial charge in [-0.05, 0) is 42.5 Å². The van der Waals surface area contributed by atoms with Crippen LogP contribution in [0.3, 0.4) is 0 Å². The lowest BCUT2D eigenvalue weighted by molar-refractivity contribution is -0.131. The fourth-order valence-electron chi connectivity index (χ4n) is 4.35. The molecule has 5 heteroatoms. The van der Waals surface area contributed by atoms with Crippen molar-refractivity contribution in [2.24, 2.45) is 0 Å². The molecule has 30 heavy (non-hydrogen) atoms. The molecule has 2 aromatic rings. The van der Waals surface area contributed by atoms with E-state index in [0.717, 1.165) is 57.7 Å². The fraction of sp³-hybridized carbons (Fsp3) is 0.480. The number of nitrogens with zero attached hydrogens (tertiary/aromatic N) is 2. The van der Waals surface area contributed by atoms with Gasteiger partial charge in [0, 0.05) is 25.7 Å². The zero-order chi connectivity index (χ0) is 20.8. The molecular formula is C25H32N2O2S. The lowest BCUT2D eigenvalue weighted by Crippen LogP contribution is -2.46. The predicted octanol–water partition coefficient (Wildman–Crippen LogP) is 5.10. The van der Waals surface area contributed by atoms with Gasteiger partial charge < -0.3 is 9.64 Å². The molecule has 0 N–H and O–H groups in total. The molecule has 1 amide bonds. The Labute approximate surface area is 184 Å². The predicted molar refractivity (Wildman–Crippen MR) is 124 cm³/mol. The van der Waals surface area contributed by atoms with Gasteiger partial charge in [0.1, 0.15) is 11.1 Å². The van der Waals surface area contributed by atoms with Gasteiger partial charge >= 0.3 is 0 Å². The van der Waals surface area contributed by atoms with Crippen molar-refractivity contribution in [3.8, 4) is 5.75 Å². The minimum absolute atomic E-state index is 0.132. The van der Waals surface area contributed by atoms with E-state index in [4.69, 9.17) is 4.74 Å². The summed E-state index contributed by atoms with van der Waals surface area (Å²) in [7, 11) is 0. The van der Waals surface area contributed by atoms with Crippen LogP contribution in [0.25, 0.3) is 0 Å². The zero-order valence-corrected chi connectivity index (χ0v) is 18.7. The molecule has 0 spiro atoms. The standard InChI is InChI=1S/C25H32N2O2S/c1-2-3-17-29-23-11-9-21(10-12-23)25-27(24(28)19-30-25)22-13-15-26(16-14-22)18-20-7-5-4-6-8-20/h4-12,22,25H,2-3,13-19H2,1H3. The van der Waals surface area contributed by atoms with Gasteiger partial charge in [0.15, 0.2) is 0 Å². The Bertz CT molecular complexity index is 804. The zero-order valence-electron chi connectivity index (χ0n) is 17.8. The first kappa shape index (κ1) is 21.3. The molecule has 2 fully saturated rings. The lowest BCUT2D eigenvalue weighted by Gasteiger charge is -2.39. The van der Waals surface area contributed by atoms with Crippen LogP contribution >= 0.6 is 11.8 Å². The Morgan fingerprint density at radius 1 is 1.03 bits per heavy atom. The summed E-state index contributed by atoms with van der Waals surface area (Å²) in [6, 6.07) is 19.4. The highest BCUT2D eigenvalue weighted by Gasteiger charge is 2.38. The number of thioether (sulfide) groups is 1. The summed E-state index contributed by atoms with van der Waals surface area (Å²) in [5.74, 6) is 1.79. The highest BCUT2D eigenvalue weighted by molar-refractivity contribution is 8.00. The Morgan fingerprint density at radius 3 is 2.47 bits per heavy atom. The minimum atomic E-state index is 0.132. The van der Waals surface area contributed by atoms with Crippen molar-refractivity contribution in [1.82, 2.24) is 9.80 Å². The van der Waals surface area contributed by atoms with Crippen LogP contribution in [0.1, 0.15) is 49.1 Å². The molecule has 1 atom stereocenters. The second kappa shape index (κ2) is 10.4. The molecule has 160 valence electrons. The monoisotopic (exact) mass is 424 g/mol. The molecule has 2 aliphatic heterocycles. The Morgan fingerprint density at radius 2 is 1.77 bits per heavy atom. The maximum Gasteiger partial charge on any atom is 0.234 e. The summed E-state index contributed by atoms with van der Waals surface area (Å²) < 4.78 is 5.80. The molecule has 1 unspecified atom stereocenters. The van der Waals surface area contributed by atoms with Crippen LogP contribution in [-0.2, 0) is 11.3 Å². The van der Waals surface area contributed by atoms with Crippen LogP contribution in [0, 0.1) is 0 Å². The third-order valence-corrected chi connectivity index (χ3v) is 7.27. The Balaban J connectivity index is 1.35. The molecule has 2 saturated heterocycles. The smallest absolute Gasteiger partial charge is 0.234 e. The van der Waals surface area contributed by atoms with E-state index in [1.165, 1.54) is 11.1 Å². The summed E-state index contributed by atoms with van der Waals surface area (Å²) in [5, 5.41) is 0.132. The van der Waals surface area contributed by atoms with Gasteiger partial charge in [0.25, 0.3) is 0 Å². The van der Waals surface area contributed by atoms with Gasteiger partial charge in [-0.1, -0.05) is 55.8 Å². The molecule has 0 aromatic heterocycles. The molecule has 4 nitrogen and oxygen atoms in total. The van der Waals surface area contributed by atoms with Crippen molar-refractivity contribution in [2.75, 3.05) is 25.4 Å². The third kappa shape index (κ3) is 5.19. The second-order valence-electron chi connectivity index (χ2n) is 8.23. The summed E-state index contributed by atoms with van der Waals surface area (Å²) in [6.45, 7) is 6.02. The van der Waals surface area contributed by atoms with Crippen molar-refractivity contribution < 1.29 is 9.53 Å². The van der Waals surface area contributed by atoms with Crippen LogP contribution in [0.4, 0.5) is 0 Å². The van der Waals surface area contributed by atoms with Gasteiger partial charge in [-0.25, -0.2) is 0 Å². The first-order valence-corrected chi connectivity index (χ1v) is 12.2. The maximum absolute atomic E-state index is 12.7. The number of hydrogen-bond donors (Lipinski definition) is 0. The van der Waals surface area contributed by atoms with Crippen LogP contribution in [0.5, 0.6) is 5.75 Å². The molecular weight excluding hydrogens is 392 g/mol. The number of carbonyl (C=O) groups excluding carboxylic acids is 1. The van der Waals surface area contributed by atoms with E-state index in [1.807, 2.05) is 0 Å². The van der Waals surface area contributed by atoms with Crippen molar-refractivity contribution in [3.63, 3.8) is 0 Å². The summed E-state index contributed by atoms with van der Waals surface area (Å²) >= 11 is 1.76. The van der Waals surface area contributed by atoms with E-state index in [-0.39, 0.29) is 11.3 Å². The van der Waals surface area contributed by atoms with Crippen molar-refractivity contribution in [3.05, 3.63) is 65.7 Å². The van der Waals surface area contributed by atoms with E-state index < -0.39 is 0 Å². The average molecular weight is 425 g/mol. The Kier molecular flexibility index (Phi) is 7.34. The normalized spacial score (nSPS) is 20.6. The van der Waals surface area contributed by atoms with Crippen LogP contribution in [-0.4, -0.2) is 47.2 Å². The first-order valence-electron chi connectivity index (χ1n) is 11.2. The van der Waals surface area contributed by atoms with Gasteiger partial charge in [-0.15, -0.1) is 11.8 Å². The largest absolute Gasteiger partial charge is 0.494 e. The molecule has 2 heterocycles. The number of rotatable bonds is 8. The minimum Gasteiger partial charge on any atom is -0.494 e. The maximum atomic E-state index is 12.7. The highest BCUT2D eigenvalue weighted by atomic mass is 32.2. The number of likely N-dealkylation sites (tertiary alicyclic amines) is 1. The van der Waals surface area contributed by atoms with Crippen LogP contribution < -0.4 is 4.74 Å². The molecule has 0 radical (unpaired) electrons. The van der Waals surface area contributed by atoms with E-state index >= 15 is 0 Å². The van der Waals surface area contributed by atoms with Crippen molar-refractivity contribution in [2.45, 2.75) is 50.6 Å². The van der Waals surface area contributed by atoms with E-state index in [0.29, 0.717) is 11.8 Å². The SMILES string of the molecule is CCCCOc1ccc(C2SCC(=O)N2C2CCN(Cc3ccccc3)CC2)cc1. The quantitative estimate of drug-likeness (QED) is 0.552. The van der Waals surface area contributed by atoms with E-state index in [1.54, 1.807) is 11.8 Å². The van der Waals surface area contributed by atoms with Gasteiger partial charge in [0.05, 0.1) is 12.4 Å². The number of ether oxygens (including phenoxy) is 1. The lowest BCUT2D eigenvalue weighted by atomic mass is 10.0.